The fraction of sp³-hybridized carbons (Fsp3) is 0.636. The molecule has 3 heterocycles. The first-order valence-corrected chi connectivity index (χ1v) is 15.1. The maximum Gasteiger partial charge on any atom is 0.232 e. The third kappa shape index (κ3) is 6.27. The fourth-order valence-corrected chi connectivity index (χ4v) is 7.21. The number of aliphatic hydroxyl groups excluding tert-OH is 4. The molecule has 0 aromatic heterocycles. The second kappa shape index (κ2) is 13.1. The van der Waals surface area contributed by atoms with Crippen LogP contribution in [0, 0.1) is 29.8 Å². The van der Waals surface area contributed by atoms with Crippen molar-refractivity contribution in [3.05, 3.63) is 54.6 Å². The SMILES string of the molecule is C=CCc1ccc(O[C@@H]2O[C@H]3[C@@H](O)[C@H](O)[C@@]2(O)C[C@H]([C@H]2C=C[C@H]4CCC[C@]4(O)C2)[C@@H](O)CC#CO[C@@H]3CCCO)cc1. The Hall–Kier alpha value is -2.42. The van der Waals surface area contributed by atoms with Crippen molar-refractivity contribution in [1.29, 1.82) is 0 Å². The standard InChI is InChI=1S/C33H44O9/c1-2-6-21-10-14-24(15-11-21)41-31-33(39)20-25(22-12-13-23-7-3-16-32(23,38)19-22)26(35)8-5-18-40-27(9-4-17-34)29(42-31)28(36)30(33)37/h2,10-15,22-23,25-31,34-39H,1,3-4,6-9,16-17,19-20H2/t22-,23+,25+,26-,27+,28+,29+,30-,31+,32-,33-/m0/s1. The minimum Gasteiger partial charge on any atom is -0.462 e. The van der Waals surface area contributed by atoms with Crippen molar-refractivity contribution in [2.45, 2.75) is 106 Å². The van der Waals surface area contributed by atoms with Crippen LogP contribution in [0.1, 0.15) is 56.9 Å². The molecule has 11 atom stereocenters. The van der Waals surface area contributed by atoms with Crippen molar-refractivity contribution < 1.29 is 44.8 Å². The lowest BCUT2D eigenvalue weighted by molar-refractivity contribution is -0.334. The van der Waals surface area contributed by atoms with E-state index in [1.54, 1.807) is 18.2 Å². The van der Waals surface area contributed by atoms with Crippen LogP contribution in [0.5, 0.6) is 5.75 Å². The Balaban J connectivity index is 1.52. The molecule has 5 aliphatic rings. The summed E-state index contributed by atoms with van der Waals surface area (Å²) in [5.41, 5.74) is -2.02. The van der Waals surface area contributed by atoms with Crippen LogP contribution in [0.3, 0.4) is 0 Å². The minimum atomic E-state index is -2.14. The minimum absolute atomic E-state index is 0.0418. The van der Waals surface area contributed by atoms with Crippen molar-refractivity contribution in [1.82, 2.24) is 0 Å². The van der Waals surface area contributed by atoms with Crippen molar-refractivity contribution in [3.8, 4) is 17.8 Å². The zero-order valence-corrected chi connectivity index (χ0v) is 23.9. The van der Waals surface area contributed by atoms with Crippen LogP contribution < -0.4 is 4.74 Å². The number of hydrogen-bond acceptors (Lipinski definition) is 9. The number of benzene rings is 1. The summed E-state index contributed by atoms with van der Waals surface area (Å²) in [7, 11) is 0. The number of hydrogen-bond donors (Lipinski definition) is 6. The van der Waals surface area contributed by atoms with Crippen LogP contribution in [0.2, 0.25) is 0 Å². The summed E-state index contributed by atoms with van der Waals surface area (Å²) in [6, 6.07) is 7.19. The molecule has 1 aromatic carbocycles. The number of rotatable bonds is 8. The van der Waals surface area contributed by atoms with Crippen LogP contribution >= 0.6 is 0 Å². The van der Waals surface area contributed by atoms with Crippen molar-refractivity contribution in [2.75, 3.05) is 6.61 Å². The van der Waals surface area contributed by atoms with Gasteiger partial charge in [-0.2, -0.15) is 0 Å². The molecule has 2 bridgehead atoms. The second-order valence-electron chi connectivity index (χ2n) is 12.4. The first-order chi connectivity index (χ1) is 20.2. The molecule has 1 aromatic rings. The quantitative estimate of drug-likeness (QED) is 0.199. The Kier molecular flexibility index (Phi) is 9.65. The molecule has 9 heteroatoms. The van der Waals surface area contributed by atoms with Gasteiger partial charge in [-0.1, -0.05) is 36.3 Å². The molecule has 6 N–H and O–H groups in total. The molecule has 0 unspecified atom stereocenters. The number of ether oxygens (including phenoxy) is 3. The summed E-state index contributed by atoms with van der Waals surface area (Å²) >= 11 is 0. The molecule has 9 nitrogen and oxygen atoms in total. The second-order valence-corrected chi connectivity index (χ2v) is 12.4. The van der Waals surface area contributed by atoms with Crippen molar-refractivity contribution in [3.63, 3.8) is 0 Å². The summed E-state index contributed by atoms with van der Waals surface area (Å²) < 4.78 is 18.2. The molecule has 2 fully saturated rings. The van der Waals surface area contributed by atoms with Gasteiger partial charge in [-0.15, -0.1) is 6.58 Å². The van der Waals surface area contributed by atoms with Gasteiger partial charge in [0.2, 0.25) is 6.29 Å². The first kappa shape index (κ1) is 31.0. The number of allylic oxidation sites excluding steroid dienone is 2. The van der Waals surface area contributed by atoms with Crippen LogP contribution in [0.15, 0.2) is 49.1 Å². The average Bonchev–Trinajstić information content (AvgIpc) is 3.37. The predicted octanol–water partition coefficient (Wildman–Crippen LogP) is 1.97. The van der Waals surface area contributed by atoms with Crippen LogP contribution in [0.4, 0.5) is 0 Å². The maximum atomic E-state index is 12.2. The van der Waals surface area contributed by atoms with E-state index in [0.717, 1.165) is 18.4 Å². The van der Waals surface area contributed by atoms with Crippen LogP contribution in [-0.2, 0) is 15.9 Å². The molecule has 42 heavy (non-hydrogen) atoms. The Bertz CT molecular complexity index is 1160. The smallest absolute Gasteiger partial charge is 0.232 e. The molecule has 1 saturated carbocycles. The van der Waals surface area contributed by atoms with Gasteiger partial charge in [0, 0.05) is 18.9 Å². The molecule has 230 valence electrons. The van der Waals surface area contributed by atoms with Crippen molar-refractivity contribution >= 4 is 0 Å². The lowest BCUT2D eigenvalue weighted by Crippen LogP contribution is -2.70. The summed E-state index contributed by atoms with van der Waals surface area (Å²) in [4.78, 5) is 0. The molecule has 2 aliphatic carbocycles. The summed E-state index contributed by atoms with van der Waals surface area (Å²) in [6.07, 6.45) is 4.67. The first-order valence-electron chi connectivity index (χ1n) is 15.1. The van der Waals surface area contributed by atoms with E-state index in [0.29, 0.717) is 31.4 Å². The Morgan fingerprint density at radius 3 is 2.62 bits per heavy atom. The van der Waals surface area contributed by atoms with E-state index in [-0.39, 0.29) is 37.7 Å². The molecule has 6 rings (SSSR count). The monoisotopic (exact) mass is 584 g/mol. The average molecular weight is 585 g/mol. The lowest BCUT2D eigenvalue weighted by Gasteiger charge is -2.51. The number of aliphatic hydroxyl groups is 6. The predicted molar refractivity (Wildman–Crippen MR) is 154 cm³/mol. The van der Waals surface area contributed by atoms with Gasteiger partial charge in [0.05, 0.1) is 11.7 Å². The van der Waals surface area contributed by atoms with E-state index < -0.39 is 53.9 Å². The van der Waals surface area contributed by atoms with Gasteiger partial charge in [-0.3, -0.25) is 0 Å². The Labute approximate surface area is 247 Å². The summed E-state index contributed by atoms with van der Waals surface area (Å²) in [5.74, 6) is 2.31. The van der Waals surface area contributed by atoms with E-state index >= 15 is 0 Å². The molecular formula is C33H44O9. The van der Waals surface area contributed by atoms with E-state index in [2.05, 4.69) is 18.6 Å². The molecule has 0 spiro atoms. The Morgan fingerprint density at radius 2 is 1.88 bits per heavy atom. The lowest BCUT2D eigenvalue weighted by atomic mass is 9.67. The van der Waals surface area contributed by atoms with E-state index in [1.165, 1.54) is 0 Å². The van der Waals surface area contributed by atoms with Crippen molar-refractivity contribution in [2.24, 2.45) is 17.8 Å². The molecule has 1 saturated heterocycles. The highest BCUT2D eigenvalue weighted by molar-refractivity contribution is 5.29. The van der Waals surface area contributed by atoms with Gasteiger partial charge in [0.15, 0.2) is 5.60 Å². The van der Waals surface area contributed by atoms with Gasteiger partial charge in [-0.05, 0) is 80.9 Å². The molecule has 0 amide bonds. The molecule has 0 radical (unpaired) electrons. The maximum absolute atomic E-state index is 12.2. The number of fused-ring (bicyclic) bond motifs is 9. The van der Waals surface area contributed by atoms with Crippen LogP contribution in [0.25, 0.3) is 0 Å². The molecular weight excluding hydrogens is 540 g/mol. The van der Waals surface area contributed by atoms with Crippen LogP contribution in [-0.4, -0.2) is 85.3 Å². The summed E-state index contributed by atoms with van der Waals surface area (Å²) in [6.45, 7) is 3.64. The summed E-state index contributed by atoms with van der Waals surface area (Å²) in [5, 5.41) is 67.4. The third-order valence-corrected chi connectivity index (χ3v) is 9.62. The van der Waals surface area contributed by atoms with Gasteiger partial charge in [-0.25, -0.2) is 0 Å². The Morgan fingerprint density at radius 1 is 1.10 bits per heavy atom. The van der Waals surface area contributed by atoms with Gasteiger partial charge in [0.25, 0.3) is 0 Å². The fourth-order valence-electron chi connectivity index (χ4n) is 7.21. The van der Waals surface area contributed by atoms with E-state index in [9.17, 15) is 30.6 Å². The topological polar surface area (TPSA) is 149 Å². The third-order valence-electron chi connectivity index (χ3n) is 9.62. The highest BCUT2D eigenvalue weighted by Gasteiger charge is 2.60. The normalized spacial score (nSPS) is 41.4. The van der Waals surface area contributed by atoms with E-state index in [1.807, 2.05) is 24.3 Å². The highest BCUT2D eigenvalue weighted by Crippen LogP contribution is 2.49. The zero-order valence-electron chi connectivity index (χ0n) is 23.9. The van der Waals surface area contributed by atoms with Gasteiger partial charge in [0.1, 0.15) is 36.3 Å². The van der Waals surface area contributed by atoms with E-state index in [4.69, 9.17) is 14.2 Å². The van der Waals surface area contributed by atoms with Gasteiger partial charge < -0.3 is 44.8 Å². The highest BCUT2D eigenvalue weighted by atomic mass is 16.7. The largest absolute Gasteiger partial charge is 0.462 e. The molecule has 3 aliphatic heterocycles. The van der Waals surface area contributed by atoms with Gasteiger partial charge >= 0.3 is 0 Å². The zero-order chi connectivity index (χ0) is 29.9.